The predicted octanol–water partition coefficient (Wildman–Crippen LogP) is 3.43. The van der Waals surface area contributed by atoms with Crippen LogP contribution in [0.1, 0.15) is 35.6 Å². The normalized spacial score (nSPS) is 20.9. The molecule has 1 aromatic carbocycles. The van der Waals surface area contributed by atoms with Gasteiger partial charge in [0.2, 0.25) is 0 Å². The Morgan fingerprint density at radius 2 is 1.95 bits per heavy atom. The van der Waals surface area contributed by atoms with Crippen molar-refractivity contribution in [3.8, 4) is 5.75 Å². The summed E-state index contributed by atoms with van der Waals surface area (Å²) in [5.41, 5.74) is 3.84. The molecule has 1 fully saturated rings. The molecule has 110 valence electrons. The van der Waals surface area contributed by atoms with Crippen LogP contribution < -0.4 is 10.1 Å². The molecule has 0 spiro atoms. The highest BCUT2D eigenvalue weighted by atomic mass is 16.5. The maximum Gasteiger partial charge on any atom is 0.118 e. The minimum absolute atomic E-state index is 0.610. The summed E-state index contributed by atoms with van der Waals surface area (Å²) in [7, 11) is 1.71. The number of aryl methyl sites for hydroxylation is 1. The Balaban J connectivity index is 1.48. The lowest BCUT2D eigenvalue weighted by atomic mass is 9.76. The third-order valence-electron chi connectivity index (χ3n) is 4.40. The summed E-state index contributed by atoms with van der Waals surface area (Å²) >= 11 is 0. The number of hydrogen-bond acceptors (Lipinski definition) is 3. The molecular weight excluding hydrogens is 260 g/mol. The average Bonchev–Trinajstić information content (AvgIpc) is 2.48. The number of benzene rings is 1. The number of methoxy groups -OCH3 is 1. The fraction of sp³-hybridized carbons (Fsp3) is 0.389. The Hall–Kier alpha value is -1.87. The highest BCUT2D eigenvalue weighted by molar-refractivity contribution is 5.31. The Labute approximate surface area is 126 Å². The summed E-state index contributed by atoms with van der Waals surface area (Å²) in [6.45, 7) is 2.98. The minimum Gasteiger partial charge on any atom is -0.497 e. The van der Waals surface area contributed by atoms with Gasteiger partial charge in [0.25, 0.3) is 0 Å². The third-order valence-corrected chi connectivity index (χ3v) is 4.40. The van der Waals surface area contributed by atoms with Crippen LogP contribution in [0.3, 0.4) is 0 Å². The molecule has 1 N–H and O–H groups in total. The zero-order valence-electron chi connectivity index (χ0n) is 12.7. The van der Waals surface area contributed by atoms with Gasteiger partial charge in [-0.15, -0.1) is 0 Å². The van der Waals surface area contributed by atoms with E-state index in [1.54, 1.807) is 7.11 Å². The van der Waals surface area contributed by atoms with E-state index in [-0.39, 0.29) is 0 Å². The van der Waals surface area contributed by atoms with Gasteiger partial charge < -0.3 is 10.1 Å². The van der Waals surface area contributed by atoms with E-state index in [0.29, 0.717) is 12.0 Å². The van der Waals surface area contributed by atoms with Crippen molar-refractivity contribution in [2.75, 3.05) is 7.11 Å². The first-order valence-electron chi connectivity index (χ1n) is 7.54. The fourth-order valence-corrected chi connectivity index (χ4v) is 2.88. The van der Waals surface area contributed by atoms with Crippen LogP contribution in [0.25, 0.3) is 0 Å². The fourth-order valence-electron chi connectivity index (χ4n) is 2.88. The van der Waals surface area contributed by atoms with Crippen molar-refractivity contribution in [1.82, 2.24) is 10.3 Å². The summed E-state index contributed by atoms with van der Waals surface area (Å²) < 4.78 is 5.20. The van der Waals surface area contributed by atoms with Crippen LogP contribution in [0.2, 0.25) is 0 Å². The standard InChI is InChI=1S/C18H22N2O/c1-13-4-3-9-19-18(13)12-20-16-10-15(11-16)14-5-7-17(21-2)8-6-14/h3-9,15-16,20H,10-12H2,1-2H3. The lowest BCUT2D eigenvalue weighted by Crippen LogP contribution is -2.39. The minimum atomic E-state index is 0.610. The molecule has 0 unspecified atom stereocenters. The molecule has 1 aromatic heterocycles. The molecule has 0 saturated heterocycles. The van der Waals surface area contributed by atoms with Crippen LogP contribution in [0.5, 0.6) is 5.75 Å². The Morgan fingerprint density at radius 1 is 1.19 bits per heavy atom. The molecule has 1 aliphatic carbocycles. The Bertz CT molecular complexity index is 588. The quantitative estimate of drug-likeness (QED) is 0.912. The number of ether oxygens (including phenoxy) is 1. The van der Waals surface area contributed by atoms with Crippen molar-refractivity contribution in [3.05, 3.63) is 59.4 Å². The first-order chi connectivity index (χ1) is 10.3. The van der Waals surface area contributed by atoms with Gasteiger partial charge in [-0.05, 0) is 55.0 Å². The predicted molar refractivity (Wildman–Crippen MR) is 84.6 cm³/mol. The van der Waals surface area contributed by atoms with Crippen molar-refractivity contribution < 1.29 is 4.74 Å². The summed E-state index contributed by atoms with van der Waals surface area (Å²) in [6, 6.07) is 13.2. The number of hydrogen-bond donors (Lipinski definition) is 1. The van der Waals surface area contributed by atoms with Gasteiger partial charge in [0, 0.05) is 18.8 Å². The second-order valence-corrected chi connectivity index (χ2v) is 5.79. The van der Waals surface area contributed by atoms with E-state index >= 15 is 0 Å². The molecule has 0 aliphatic heterocycles. The van der Waals surface area contributed by atoms with Crippen LogP contribution in [-0.2, 0) is 6.54 Å². The van der Waals surface area contributed by atoms with Gasteiger partial charge >= 0.3 is 0 Å². The van der Waals surface area contributed by atoms with Gasteiger partial charge in [-0.25, -0.2) is 0 Å². The van der Waals surface area contributed by atoms with Gasteiger partial charge in [0.05, 0.1) is 12.8 Å². The highest BCUT2D eigenvalue weighted by Crippen LogP contribution is 2.37. The van der Waals surface area contributed by atoms with Crippen molar-refractivity contribution in [2.24, 2.45) is 0 Å². The van der Waals surface area contributed by atoms with E-state index < -0.39 is 0 Å². The van der Waals surface area contributed by atoms with E-state index in [2.05, 4.69) is 35.4 Å². The average molecular weight is 282 g/mol. The second-order valence-electron chi connectivity index (χ2n) is 5.79. The van der Waals surface area contributed by atoms with Gasteiger partial charge in [0.15, 0.2) is 0 Å². The van der Waals surface area contributed by atoms with Gasteiger partial charge in [-0.3, -0.25) is 4.98 Å². The maximum absolute atomic E-state index is 5.20. The molecule has 2 aromatic rings. The van der Waals surface area contributed by atoms with Crippen LogP contribution in [0, 0.1) is 6.92 Å². The monoisotopic (exact) mass is 282 g/mol. The molecule has 3 nitrogen and oxygen atoms in total. The lowest BCUT2D eigenvalue weighted by molar-refractivity contribution is 0.288. The largest absolute Gasteiger partial charge is 0.497 e. The first kappa shape index (κ1) is 14.1. The van der Waals surface area contributed by atoms with Crippen LogP contribution in [-0.4, -0.2) is 18.1 Å². The SMILES string of the molecule is COc1ccc(C2CC(NCc3ncccc3C)C2)cc1. The number of rotatable bonds is 5. The molecule has 0 bridgehead atoms. The first-order valence-corrected chi connectivity index (χ1v) is 7.54. The topological polar surface area (TPSA) is 34.1 Å². The summed E-state index contributed by atoms with van der Waals surface area (Å²) in [6.07, 6.45) is 4.28. The van der Waals surface area contributed by atoms with Crippen molar-refractivity contribution >= 4 is 0 Å². The highest BCUT2D eigenvalue weighted by Gasteiger charge is 2.29. The summed E-state index contributed by atoms with van der Waals surface area (Å²) in [5, 5.41) is 3.61. The van der Waals surface area contributed by atoms with Crippen molar-refractivity contribution in [3.63, 3.8) is 0 Å². The van der Waals surface area contributed by atoms with Gasteiger partial charge in [-0.1, -0.05) is 18.2 Å². The van der Waals surface area contributed by atoms with Crippen molar-refractivity contribution in [1.29, 1.82) is 0 Å². The zero-order chi connectivity index (χ0) is 14.7. The summed E-state index contributed by atoms with van der Waals surface area (Å²) in [5.74, 6) is 1.61. The van der Waals surface area contributed by atoms with Crippen LogP contribution >= 0.6 is 0 Å². The molecule has 3 rings (SSSR count). The molecule has 1 heterocycles. The van der Waals surface area contributed by atoms with E-state index in [1.165, 1.54) is 24.0 Å². The number of pyridine rings is 1. The third kappa shape index (κ3) is 3.24. The smallest absolute Gasteiger partial charge is 0.118 e. The van der Waals surface area contributed by atoms with E-state index in [9.17, 15) is 0 Å². The van der Waals surface area contributed by atoms with E-state index in [1.807, 2.05) is 24.4 Å². The molecule has 1 aliphatic rings. The molecule has 0 atom stereocenters. The molecule has 3 heteroatoms. The lowest BCUT2D eigenvalue weighted by Gasteiger charge is -2.36. The molecular formula is C18H22N2O. The zero-order valence-corrected chi connectivity index (χ0v) is 12.7. The molecule has 0 amide bonds. The van der Waals surface area contributed by atoms with E-state index in [0.717, 1.165) is 18.0 Å². The van der Waals surface area contributed by atoms with Crippen LogP contribution in [0.15, 0.2) is 42.6 Å². The second kappa shape index (κ2) is 6.27. The van der Waals surface area contributed by atoms with Crippen LogP contribution in [0.4, 0.5) is 0 Å². The molecule has 1 saturated carbocycles. The van der Waals surface area contributed by atoms with Gasteiger partial charge in [-0.2, -0.15) is 0 Å². The molecule has 0 radical (unpaired) electrons. The Kier molecular flexibility index (Phi) is 4.20. The summed E-state index contributed by atoms with van der Waals surface area (Å²) in [4.78, 5) is 4.43. The van der Waals surface area contributed by atoms with Gasteiger partial charge in [0.1, 0.15) is 5.75 Å². The number of nitrogens with zero attached hydrogens (tertiary/aromatic N) is 1. The molecule has 21 heavy (non-hydrogen) atoms. The number of nitrogens with one attached hydrogen (secondary N) is 1. The van der Waals surface area contributed by atoms with Crippen molar-refractivity contribution in [2.45, 2.75) is 38.3 Å². The maximum atomic E-state index is 5.20. The van der Waals surface area contributed by atoms with E-state index in [4.69, 9.17) is 4.74 Å². The Morgan fingerprint density at radius 3 is 2.62 bits per heavy atom. The number of aromatic nitrogens is 1.